The molecule has 0 atom stereocenters. The number of phenolic OH excluding ortho intramolecular Hbond substituents is 1. The molecule has 0 aliphatic carbocycles. The molecular formula is C33H41N5O2. The molecule has 3 aromatic carbocycles. The van der Waals surface area contributed by atoms with E-state index in [4.69, 9.17) is 0 Å². The van der Waals surface area contributed by atoms with Crippen molar-refractivity contribution in [2.75, 3.05) is 72.5 Å². The summed E-state index contributed by atoms with van der Waals surface area (Å²) in [6.45, 7) is 10.9. The summed E-state index contributed by atoms with van der Waals surface area (Å²) >= 11 is 0. The maximum atomic E-state index is 13.6. The Kier molecular flexibility index (Phi) is 8.05. The van der Waals surface area contributed by atoms with E-state index < -0.39 is 0 Å². The van der Waals surface area contributed by atoms with Gasteiger partial charge in [-0.1, -0.05) is 36.4 Å². The average molecular weight is 540 g/mol. The van der Waals surface area contributed by atoms with E-state index in [2.05, 4.69) is 62.7 Å². The summed E-state index contributed by atoms with van der Waals surface area (Å²) in [7, 11) is 2.20. The zero-order valence-corrected chi connectivity index (χ0v) is 23.6. The molecule has 1 aromatic heterocycles. The monoisotopic (exact) mass is 539 g/mol. The van der Waals surface area contributed by atoms with Crippen molar-refractivity contribution in [1.82, 2.24) is 24.2 Å². The number of carbonyl (C=O) groups is 1. The molecule has 1 N–H and O–H groups in total. The molecular weight excluding hydrogens is 498 g/mol. The summed E-state index contributed by atoms with van der Waals surface area (Å²) in [5.74, 6) is 0.439. The van der Waals surface area contributed by atoms with Crippen LogP contribution in [-0.2, 0) is 13.0 Å². The Morgan fingerprint density at radius 3 is 2.17 bits per heavy atom. The molecule has 1 amide bonds. The van der Waals surface area contributed by atoms with Gasteiger partial charge < -0.3 is 24.4 Å². The van der Waals surface area contributed by atoms with E-state index in [0.717, 1.165) is 95.9 Å². The third kappa shape index (κ3) is 5.87. The van der Waals surface area contributed by atoms with E-state index in [1.54, 1.807) is 12.1 Å². The van der Waals surface area contributed by atoms with Crippen LogP contribution < -0.4 is 0 Å². The van der Waals surface area contributed by atoms with Gasteiger partial charge in [-0.25, -0.2) is 0 Å². The highest BCUT2D eigenvalue weighted by molar-refractivity contribution is 6.10. The van der Waals surface area contributed by atoms with Gasteiger partial charge in [0.25, 0.3) is 5.91 Å². The number of phenols is 1. The Morgan fingerprint density at radius 1 is 0.725 bits per heavy atom. The molecule has 2 aliphatic heterocycles. The highest BCUT2D eigenvalue weighted by Gasteiger charge is 2.23. The number of aromatic hydroxyl groups is 1. The molecule has 2 saturated heterocycles. The SMILES string of the molecule is CN1CCN(CCCn2c3ccccc3c3ccc(C(=O)N4CCN(CCc5ccc(O)cc5)CC4)cc32)CC1. The quantitative estimate of drug-likeness (QED) is 0.365. The number of carbonyl (C=O) groups excluding carboxylic acids is 1. The van der Waals surface area contributed by atoms with Gasteiger partial charge in [-0.15, -0.1) is 0 Å². The van der Waals surface area contributed by atoms with Gasteiger partial charge >= 0.3 is 0 Å². The lowest BCUT2D eigenvalue weighted by molar-refractivity contribution is 0.0638. The molecule has 0 bridgehead atoms. The van der Waals surface area contributed by atoms with Gasteiger partial charge in [0.2, 0.25) is 0 Å². The van der Waals surface area contributed by atoms with Gasteiger partial charge in [0.1, 0.15) is 5.75 Å². The minimum atomic E-state index is 0.134. The Morgan fingerprint density at radius 2 is 1.40 bits per heavy atom. The maximum Gasteiger partial charge on any atom is 0.254 e. The molecule has 40 heavy (non-hydrogen) atoms. The minimum Gasteiger partial charge on any atom is -0.508 e. The van der Waals surface area contributed by atoms with Crippen LogP contribution in [-0.4, -0.2) is 108 Å². The third-order valence-electron chi connectivity index (χ3n) is 8.79. The van der Waals surface area contributed by atoms with Crippen LogP contribution in [0.5, 0.6) is 5.75 Å². The van der Waals surface area contributed by atoms with E-state index in [1.165, 1.54) is 21.9 Å². The Bertz CT molecular complexity index is 1450. The van der Waals surface area contributed by atoms with Crippen LogP contribution in [0.4, 0.5) is 0 Å². The summed E-state index contributed by atoms with van der Waals surface area (Å²) < 4.78 is 2.43. The van der Waals surface area contributed by atoms with Gasteiger partial charge in [0, 0.05) is 92.8 Å². The predicted octanol–water partition coefficient (Wildman–Crippen LogP) is 4.14. The number of aromatic nitrogens is 1. The molecule has 7 heteroatoms. The van der Waals surface area contributed by atoms with E-state index in [0.29, 0.717) is 5.75 Å². The van der Waals surface area contributed by atoms with Gasteiger partial charge in [-0.3, -0.25) is 9.69 Å². The number of hydrogen-bond acceptors (Lipinski definition) is 5. The summed E-state index contributed by atoms with van der Waals surface area (Å²) in [6, 6.07) is 22.4. The van der Waals surface area contributed by atoms with Gasteiger partial charge in [-0.2, -0.15) is 0 Å². The van der Waals surface area contributed by atoms with E-state index in [1.807, 2.05) is 23.1 Å². The van der Waals surface area contributed by atoms with Crippen LogP contribution in [0.25, 0.3) is 21.8 Å². The number of aryl methyl sites for hydroxylation is 1. The number of hydrogen-bond donors (Lipinski definition) is 1. The Labute approximate surface area is 237 Å². The second-order valence-electron chi connectivity index (χ2n) is 11.4. The molecule has 6 rings (SSSR count). The Hall–Kier alpha value is -3.39. The van der Waals surface area contributed by atoms with Crippen molar-refractivity contribution in [1.29, 1.82) is 0 Å². The molecule has 210 valence electrons. The molecule has 2 fully saturated rings. The third-order valence-corrected chi connectivity index (χ3v) is 8.79. The first kappa shape index (κ1) is 26.8. The van der Waals surface area contributed by atoms with E-state index in [-0.39, 0.29) is 5.91 Å². The highest BCUT2D eigenvalue weighted by Crippen LogP contribution is 2.30. The molecule has 2 aliphatic rings. The number of fused-ring (bicyclic) bond motifs is 3. The first-order valence-corrected chi connectivity index (χ1v) is 14.8. The van der Waals surface area contributed by atoms with Crippen molar-refractivity contribution < 1.29 is 9.90 Å². The number of amides is 1. The number of para-hydroxylation sites is 1. The molecule has 0 unspecified atom stereocenters. The smallest absolute Gasteiger partial charge is 0.254 e. The molecule has 0 saturated carbocycles. The van der Waals surface area contributed by atoms with Crippen LogP contribution >= 0.6 is 0 Å². The van der Waals surface area contributed by atoms with Crippen LogP contribution in [0.3, 0.4) is 0 Å². The van der Waals surface area contributed by atoms with Crippen molar-refractivity contribution >= 4 is 27.7 Å². The van der Waals surface area contributed by atoms with Crippen molar-refractivity contribution in [3.05, 3.63) is 77.9 Å². The molecule has 4 aromatic rings. The number of nitrogens with zero attached hydrogens (tertiary/aromatic N) is 5. The van der Waals surface area contributed by atoms with Gasteiger partial charge in [0.15, 0.2) is 0 Å². The second-order valence-corrected chi connectivity index (χ2v) is 11.4. The summed E-state index contributed by atoms with van der Waals surface area (Å²) in [5.41, 5.74) is 4.43. The normalized spacial score (nSPS) is 17.7. The van der Waals surface area contributed by atoms with Gasteiger partial charge in [0.05, 0.1) is 0 Å². The summed E-state index contributed by atoms with van der Waals surface area (Å²) in [5, 5.41) is 12.0. The predicted molar refractivity (Wildman–Crippen MR) is 162 cm³/mol. The average Bonchev–Trinajstić information content (AvgIpc) is 3.30. The zero-order valence-electron chi connectivity index (χ0n) is 23.6. The largest absolute Gasteiger partial charge is 0.508 e. The Balaban J connectivity index is 1.12. The van der Waals surface area contributed by atoms with Crippen molar-refractivity contribution in [3.63, 3.8) is 0 Å². The lowest BCUT2D eigenvalue weighted by Crippen LogP contribution is -2.49. The van der Waals surface area contributed by atoms with E-state index >= 15 is 0 Å². The van der Waals surface area contributed by atoms with Crippen LogP contribution in [0, 0.1) is 0 Å². The fraction of sp³-hybridized carbons (Fsp3) is 0.424. The van der Waals surface area contributed by atoms with Crippen molar-refractivity contribution in [3.8, 4) is 5.75 Å². The second kappa shape index (κ2) is 12.0. The molecule has 7 nitrogen and oxygen atoms in total. The fourth-order valence-electron chi connectivity index (χ4n) is 6.25. The van der Waals surface area contributed by atoms with Crippen LogP contribution in [0.2, 0.25) is 0 Å². The van der Waals surface area contributed by atoms with Crippen molar-refractivity contribution in [2.45, 2.75) is 19.4 Å². The number of benzene rings is 3. The standard InChI is InChI=1S/C33H41N5O2/c1-34-17-19-35(20-18-34)14-4-15-38-31-6-3-2-5-29(31)30-12-9-27(25-32(30)38)33(40)37-23-21-36(22-24-37)16-13-26-7-10-28(39)11-8-26/h2-3,5-12,25,39H,4,13-24H2,1H3. The lowest BCUT2D eigenvalue weighted by Gasteiger charge is -2.34. The number of likely N-dealkylation sites (N-methyl/N-ethyl adjacent to an activating group) is 1. The number of piperazine rings is 2. The minimum absolute atomic E-state index is 0.134. The number of rotatable bonds is 8. The van der Waals surface area contributed by atoms with E-state index in [9.17, 15) is 9.90 Å². The summed E-state index contributed by atoms with van der Waals surface area (Å²) in [4.78, 5) is 23.0. The first-order valence-electron chi connectivity index (χ1n) is 14.8. The topological polar surface area (TPSA) is 55.2 Å². The van der Waals surface area contributed by atoms with Crippen molar-refractivity contribution in [2.24, 2.45) is 0 Å². The van der Waals surface area contributed by atoms with Crippen LogP contribution in [0.1, 0.15) is 22.3 Å². The maximum absolute atomic E-state index is 13.6. The fourth-order valence-corrected chi connectivity index (χ4v) is 6.25. The van der Waals surface area contributed by atoms with Crippen LogP contribution in [0.15, 0.2) is 66.7 Å². The molecule has 0 radical (unpaired) electrons. The zero-order chi connectivity index (χ0) is 27.5. The lowest BCUT2D eigenvalue weighted by atomic mass is 10.1. The first-order chi connectivity index (χ1) is 19.5. The molecule has 3 heterocycles. The molecule has 0 spiro atoms. The van der Waals surface area contributed by atoms with Gasteiger partial charge in [-0.05, 0) is 62.3 Å². The highest BCUT2D eigenvalue weighted by atomic mass is 16.3. The summed E-state index contributed by atoms with van der Waals surface area (Å²) in [6.07, 6.45) is 2.05.